The van der Waals surface area contributed by atoms with Gasteiger partial charge in [0.25, 0.3) is 0 Å². The molecule has 2 aromatic rings. The van der Waals surface area contributed by atoms with Gasteiger partial charge in [-0.05, 0) is 51.1 Å². The highest BCUT2D eigenvalue weighted by atomic mass is 16.5. The number of hydrogen-bond acceptors (Lipinski definition) is 4. The lowest BCUT2D eigenvalue weighted by molar-refractivity contribution is 0.449. The maximum atomic E-state index is 5.91. The molecule has 2 rings (SSSR count). The van der Waals surface area contributed by atoms with Crippen molar-refractivity contribution < 1.29 is 4.74 Å². The average Bonchev–Trinajstić information content (AvgIpc) is 2.40. The Hall–Kier alpha value is -1.94. The highest BCUT2D eigenvalue weighted by Gasteiger charge is 2.11. The molecule has 0 saturated carbocycles. The van der Waals surface area contributed by atoms with E-state index >= 15 is 0 Å². The van der Waals surface area contributed by atoms with Crippen LogP contribution in [-0.4, -0.2) is 16.5 Å². The first kappa shape index (κ1) is 14.5. The molecule has 106 valence electrons. The third kappa shape index (κ3) is 3.54. The minimum atomic E-state index is 0.661. The average molecular weight is 271 g/mol. The van der Waals surface area contributed by atoms with E-state index < -0.39 is 0 Å². The molecule has 0 aliphatic heterocycles. The second kappa shape index (κ2) is 6.48. The molecule has 0 bridgehead atoms. The standard InChI is InChI=1S/C16H21N3O/c1-5-17-10-15-11(2)8-13(4)19-16(15)20-14-7-6-12(3)18-9-14/h6-9,17H,5,10H2,1-4H3. The molecule has 0 aliphatic rings. The Morgan fingerprint density at radius 2 is 1.95 bits per heavy atom. The van der Waals surface area contributed by atoms with Crippen molar-refractivity contribution in [2.45, 2.75) is 34.2 Å². The Balaban J connectivity index is 2.31. The molecule has 4 heteroatoms. The quantitative estimate of drug-likeness (QED) is 0.906. The molecule has 0 spiro atoms. The molecule has 0 radical (unpaired) electrons. The number of hydrogen-bond donors (Lipinski definition) is 1. The summed E-state index contributed by atoms with van der Waals surface area (Å²) < 4.78 is 5.91. The zero-order chi connectivity index (χ0) is 14.5. The second-order valence-electron chi connectivity index (χ2n) is 4.88. The summed E-state index contributed by atoms with van der Waals surface area (Å²) in [5.74, 6) is 1.37. The molecular weight excluding hydrogens is 250 g/mol. The molecule has 1 N–H and O–H groups in total. The van der Waals surface area contributed by atoms with E-state index in [2.05, 4.69) is 35.2 Å². The number of pyridine rings is 2. The first-order valence-electron chi connectivity index (χ1n) is 6.88. The van der Waals surface area contributed by atoms with Gasteiger partial charge >= 0.3 is 0 Å². The van der Waals surface area contributed by atoms with Gasteiger partial charge in [-0.1, -0.05) is 6.92 Å². The zero-order valence-electron chi connectivity index (χ0n) is 12.5. The number of nitrogens with one attached hydrogen (secondary N) is 1. The van der Waals surface area contributed by atoms with Crippen molar-refractivity contribution in [3.05, 3.63) is 46.9 Å². The third-order valence-corrected chi connectivity index (χ3v) is 3.09. The summed E-state index contributed by atoms with van der Waals surface area (Å²) in [6.07, 6.45) is 1.73. The summed E-state index contributed by atoms with van der Waals surface area (Å²) in [6.45, 7) is 9.77. The molecule has 20 heavy (non-hydrogen) atoms. The summed E-state index contributed by atoms with van der Waals surface area (Å²) >= 11 is 0. The van der Waals surface area contributed by atoms with Crippen LogP contribution in [0.25, 0.3) is 0 Å². The van der Waals surface area contributed by atoms with Crippen molar-refractivity contribution in [3.63, 3.8) is 0 Å². The number of aromatic nitrogens is 2. The summed E-state index contributed by atoms with van der Waals surface area (Å²) in [5, 5.41) is 3.32. The fraction of sp³-hybridized carbons (Fsp3) is 0.375. The Kier molecular flexibility index (Phi) is 4.69. The number of nitrogens with zero attached hydrogens (tertiary/aromatic N) is 2. The normalized spacial score (nSPS) is 10.6. The van der Waals surface area contributed by atoms with Crippen LogP contribution in [0.1, 0.15) is 29.4 Å². The maximum Gasteiger partial charge on any atom is 0.224 e. The van der Waals surface area contributed by atoms with Crippen molar-refractivity contribution in [2.75, 3.05) is 6.54 Å². The molecule has 0 unspecified atom stereocenters. The van der Waals surface area contributed by atoms with Gasteiger partial charge in [-0.2, -0.15) is 0 Å². The van der Waals surface area contributed by atoms with Crippen LogP contribution >= 0.6 is 0 Å². The number of ether oxygens (including phenoxy) is 1. The van der Waals surface area contributed by atoms with Crippen molar-refractivity contribution in [3.8, 4) is 11.6 Å². The van der Waals surface area contributed by atoms with E-state index in [0.717, 1.165) is 30.0 Å². The van der Waals surface area contributed by atoms with Gasteiger partial charge in [0.15, 0.2) is 0 Å². The second-order valence-corrected chi connectivity index (χ2v) is 4.88. The largest absolute Gasteiger partial charge is 0.437 e. The van der Waals surface area contributed by atoms with E-state index in [4.69, 9.17) is 4.74 Å². The van der Waals surface area contributed by atoms with Crippen LogP contribution in [-0.2, 0) is 6.54 Å². The van der Waals surface area contributed by atoms with Crippen LogP contribution in [0.3, 0.4) is 0 Å². The maximum absolute atomic E-state index is 5.91. The lowest BCUT2D eigenvalue weighted by Gasteiger charge is -2.14. The van der Waals surface area contributed by atoms with Crippen LogP contribution in [0.2, 0.25) is 0 Å². The summed E-state index contributed by atoms with van der Waals surface area (Å²) in [6, 6.07) is 5.92. The highest BCUT2D eigenvalue weighted by Crippen LogP contribution is 2.26. The molecule has 2 aromatic heterocycles. The van der Waals surface area contributed by atoms with Gasteiger partial charge in [0.1, 0.15) is 5.75 Å². The molecule has 2 heterocycles. The van der Waals surface area contributed by atoms with Gasteiger partial charge in [-0.15, -0.1) is 0 Å². The minimum Gasteiger partial charge on any atom is -0.437 e. The fourth-order valence-corrected chi connectivity index (χ4v) is 2.00. The van der Waals surface area contributed by atoms with Crippen LogP contribution < -0.4 is 10.1 Å². The first-order chi connectivity index (χ1) is 9.60. The van der Waals surface area contributed by atoms with Crippen LogP contribution in [0.4, 0.5) is 0 Å². The van der Waals surface area contributed by atoms with Gasteiger partial charge in [0.2, 0.25) is 5.88 Å². The topological polar surface area (TPSA) is 47.0 Å². The van der Waals surface area contributed by atoms with E-state index in [1.807, 2.05) is 26.0 Å². The smallest absolute Gasteiger partial charge is 0.224 e. The van der Waals surface area contributed by atoms with Crippen LogP contribution in [0, 0.1) is 20.8 Å². The Labute approximate surface area is 120 Å². The predicted octanol–water partition coefficient (Wildman–Crippen LogP) is 3.30. The number of rotatable bonds is 5. The highest BCUT2D eigenvalue weighted by molar-refractivity contribution is 5.38. The molecule has 4 nitrogen and oxygen atoms in total. The molecule has 0 aromatic carbocycles. The van der Waals surface area contributed by atoms with Gasteiger partial charge in [-0.3, -0.25) is 4.98 Å². The lowest BCUT2D eigenvalue weighted by atomic mass is 10.1. The summed E-state index contributed by atoms with van der Waals surface area (Å²) in [5.41, 5.74) is 4.21. The van der Waals surface area contributed by atoms with Gasteiger partial charge in [0, 0.05) is 23.5 Å². The Morgan fingerprint density at radius 3 is 2.60 bits per heavy atom. The minimum absolute atomic E-state index is 0.661. The zero-order valence-corrected chi connectivity index (χ0v) is 12.5. The third-order valence-electron chi connectivity index (χ3n) is 3.09. The van der Waals surface area contributed by atoms with Crippen LogP contribution in [0.5, 0.6) is 11.6 Å². The van der Waals surface area contributed by atoms with Crippen molar-refractivity contribution in [2.24, 2.45) is 0 Å². The van der Waals surface area contributed by atoms with E-state index in [1.165, 1.54) is 5.56 Å². The van der Waals surface area contributed by atoms with Crippen LogP contribution in [0.15, 0.2) is 24.4 Å². The van der Waals surface area contributed by atoms with Gasteiger partial charge in [-0.25, -0.2) is 4.98 Å². The van der Waals surface area contributed by atoms with E-state index in [-0.39, 0.29) is 0 Å². The lowest BCUT2D eigenvalue weighted by Crippen LogP contribution is -2.14. The molecule has 0 amide bonds. The van der Waals surface area contributed by atoms with Crippen molar-refractivity contribution in [1.29, 1.82) is 0 Å². The van der Waals surface area contributed by atoms with E-state index in [1.54, 1.807) is 6.20 Å². The van der Waals surface area contributed by atoms with E-state index in [9.17, 15) is 0 Å². The first-order valence-corrected chi connectivity index (χ1v) is 6.88. The van der Waals surface area contributed by atoms with Crippen molar-refractivity contribution in [1.82, 2.24) is 15.3 Å². The molecule has 0 saturated heterocycles. The van der Waals surface area contributed by atoms with E-state index in [0.29, 0.717) is 11.6 Å². The van der Waals surface area contributed by atoms with Gasteiger partial charge in [0.05, 0.1) is 6.20 Å². The van der Waals surface area contributed by atoms with Crippen molar-refractivity contribution >= 4 is 0 Å². The number of aryl methyl sites for hydroxylation is 3. The summed E-state index contributed by atoms with van der Waals surface area (Å²) in [4.78, 5) is 8.76. The summed E-state index contributed by atoms with van der Waals surface area (Å²) in [7, 11) is 0. The molecule has 0 aliphatic carbocycles. The molecule has 0 fully saturated rings. The molecule has 0 atom stereocenters. The Bertz CT molecular complexity index is 579. The van der Waals surface area contributed by atoms with Gasteiger partial charge < -0.3 is 10.1 Å². The predicted molar refractivity (Wildman–Crippen MR) is 80.1 cm³/mol. The SMILES string of the molecule is CCNCc1c(C)cc(C)nc1Oc1ccc(C)nc1. The Morgan fingerprint density at radius 1 is 1.15 bits per heavy atom. The molecular formula is C16H21N3O. The fourth-order valence-electron chi connectivity index (χ4n) is 2.00. The monoisotopic (exact) mass is 271 g/mol.